The van der Waals surface area contributed by atoms with Gasteiger partial charge in [-0.2, -0.15) is 0 Å². The molecule has 9 heteroatoms. The third-order valence-corrected chi connectivity index (χ3v) is 8.31. The highest BCUT2D eigenvalue weighted by Crippen LogP contribution is 2.38. The fourth-order valence-corrected chi connectivity index (χ4v) is 6.04. The smallest absolute Gasteiger partial charge is 0.234 e. The van der Waals surface area contributed by atoms with Gasteiger partial charge in [0.1, 0.15) is 34.5 Å². The second-order valence-corrected chi connectivity index (χ2v) is 12.4. The second-order valence-electron chi connectivity index (χ2n) is 12.4. The monoisotopic (exact) mass is 671 g/mol. The zero-order chi connectivity index (χ0) is 34.9. The van der Waals surface area contributed by atoms with Gasteiger partial charge in [-0.1, -0.05) is 12.1 Å². The predicted octanol–water partition coefficient (Wildman–Crippen LogP) is 10.8. The molecular formula is C42H33N5O4. The van der Waals surface area contributed by atoms with E-state index in [0.29, 0.717) is 52.2 Å². The summed E-state index contributed by atoms with van der Waals surface area (Å²) in [6.45, 7) is 7.98. The number of aryl methyl sites for hydroxylation is 4. The third kappa shape index (κ3) is 6.65. The summed E-state index contributed by atoms with van der Waals surface area (Å²) in [7, 11) is 0. The van der Waals surface area contributed by atoms with Crippen molar-refractivity contribution in [3.8, 4) is 52.2 Å². The van der Waals surface area contributed by atoms with Crippen molar-refractivity contribution >= 4 is 21.8 Å². The van der Waals surface area contributed by atoms with E-state index in [2.05, 4.69) is 32.1 Å². The molecule has 250 valence electrons. The van der Waals surface area contributed by atoms with E-state index in [0.717, 1.165) is 44.1 Å². The molecule has 0 aliphatic rings. The Balaban J connectivity index is 1.11. The molecule has 0 aliphatic carbocycles. The van der Waals surface area contributed by atoms with Gasteiger partial charge >= 0.3 is 0 Å². The second kappa shape index (κ2) is 13.3. The van der Waals surface area contributed by atoms with Crippen LogP contribution >= 0.6 is 0 Å². The van der Waals surface area contributed by atoms with Gasteiger partial charge in [0.15, 0.2) is 0 Å². The minimum atomic E-state index is 0.527. The predicted molar refractivity (Wildman–Crippen MR) is 197 cm³/mol. The zero-order valence-corrected chi connectivity index (χ0v) is 28.5. The van der Waals surface area contributed by atoms with Crippen LogP contribution in [0, 0.1) is 27.7 Å². The number of ether oxygens (including phenoxy) is 4. The molecule has 0 fully saturated rings. The van der Waals surface area contributed by atoms with Crippen LogP contribution in [0.4, 0.5) is 0 Å². The van der Waals surface area contributed by atoms with Crippen LogP contribution in [-0.4, -0.2) is 24.5 Å². The normalized spacial score (nSPS) is 11.1. The number of pyridine rings is 2. The van der Waals surface area contributed by atoms with E-state index in [1.165, 1.54) is 0 Å². The van der Waals surface area contributed by atoms with Crippen molar-refractivity contribution in [1.82, 2.24) is 24.5 Å². The SMILES string of the molecule is Cc1cnc(Oc2cccc(Oc3ccc4c5ccc(Oc6cccc(Oc7ncc(C)cc7C)c6)cc5n(-c5ncccn5)c4c3)c2)c(C)c1. The minimum Gasteiger partial charge on any atom is -0.457 e. The summed E-state index contributed by atoms with van der Waals surface area (Å²) in [4.78, 5) is 18.1. The lowest BCUT2D eigenvalue weighted by Crippen LogP contribution is -2.00. The first-order chi connectivity index (χ1) is 24.9. The molecule has 51 heavy (non-hydrogen) atoms. The van der Waals surface area contributed by atoms with Crippen molar-refractivity contribution in [2.24, 2.45) is 0 Å². The molecule has 0 spiro atoms. The highest BCUT2D eigenvalue weighted by atomic mass is 16.5. The molecule has 8 aromatic rings. The van der Waals surface area contributed by atoms with Crippen molar-refractivity contribution in [2.75, 3.05) is 0 Å². The van der Waals surface area contributed by atoms with Gasteiger partial charge in [0.05, 0.1) is 11.0 Å². The summed E-state index contributed by atoms with van der Waals surface area (Å²) >= 11 is 0. The highest BCUT2D eigenvalue weighted by molar-refractivity contribution is 6.09. The molecule has 0 N–H and O–H groups in total. The fraction of sp³-hybridized carbons (Fsp3) is 0.0952. The van der Waals surface area contributed by atoms with Crippen LogP contribution in [0.3, 0.4) is 0 Å². The first-order valence-corrected chi connectivity index (χ1v) is 16.5. The Kier molecular flexibility index (Phi) is 8.21. The lowest BCUT2D eigenvalue weighted by Gasteiger charge is -2.11. The van der Waals surface area contributed by atoms with Crippen molar-refractivity contribution in [2.45, 2.75) is 27.7 Å². The Bertz CT molecular complexity index is 2390. The molecule has 0 saturated carbocycles. The van der Waals surface area contributed by atoms with E-state index in [-0.39, 0.29) is 0 Å². The molecule has 9 nitrogen and oxygen atoms in total. The molecule has 4 aromatic carbocycles. The van der Waals surface area contributed by atoms with Crippen LogP contribution in [0.1, 0.15) is 22.3 Å². The Morgan fingerprint density at radius 3 is 1.31 bits per heavy atom. The van der Waals surface area contributed by atoms with Gasteiger partial charge in [-0.25, -0.2) is 19.9 Å². The first kappa shape index (κ1) is 31.5. The minimum absolute atomic E-state index is 0.527. The average Bonchev–Trinajstić information content (AvgIpc) is 3.44. The number of nitrogens with zero attached hydrogens (tertiary/aromatic N) is 5. The maximum Gasteiger partial charge on any atom is 0.234 e. The van der Waals surface area contributed by atoms with Crippen LogP contribution in [0.15, 0.2) is 128 Å². The van der Waals surface area contributed by atoms with Gasteiger partial charge in [-0.3, -0.25) is 4.57 Å². The molecule has 0 saturated heterocycles. The van der Waals surface area contributed by atoms with Crippen LogP contribution in [-0.2, 0) is 0 Å². The Hall–Kier alpha value is -6.74. The maximum atomic E-state index is 6.38. The Labute approximate surface area is 294 Å². The summed E-state index contributed by atoms with van der Waals surface area (Å²) in [5.74, 6) is 5.47. The molecular weight excluding hydrogens is 638 g/mol. The number of aromatic nitrogens is 5. The van der Waals surface area contributed by atoms with Crippen molar-refractivity contribution in [3.05, 3.63) is 150 Å². The highest BCUT2D eigenvalue weighted by Gasteiger charge is 2.17. The first-order valence-electron chi connectivity index (χ1n) is 16.5. The summed E-state index contributed by atoms with van der Waals surface area (Å²) < 4.78 is 26.9. The van der Waals surface area contributed by atoms with Gasteiger partial charge in [0.25, 0.3) is 0 Å². The molecule has 0 unspecified atom stereocenters. The summed E-state index contributed by atoms with van der Waals surface area (Å²) in [5.41, 5.74) is 5.85. The number of hydrogen-bond acceptors (Lipinski definition) is 8. The van der Waals surface area contributed by atoms with E-state index in [1.807, 2.05) is 117 Å². The quantitative estimate of drug-likeness (QED) is 0.150. The van der Waals surface area contributed by atoms with Gasteiger partial charge in [0.2, 0.25) is 17.7 Å². The Morgan fingerprint density at radius 1 is 0.431 bits per heavy atom. The molecule has 0 amide bonds. The number of hydrogen-bond donors (Lipinski definition) is 0. The fourth-order valence-electron chi connectivity index (χ4n) is 6.04. The molecule has 0 radical (unpaired) electrons. The van der Waals surface area contributed by atoms with Gasteiger partial charge < -0.3 is 18.9 Å². The van der Waals surface area contributed by atoms with E-state index >= 15 is 0 Å². The van der Waals surface area contributed by atoms with E-state index < -0.39 is 0 Å². The standard InChI is InChI=1S/C42H33N5O4/c1-26-18-28(3)40(45-24-26)50-32-10-5-8-30(20-32)48-34-12-14-36-37-15-13-35(23-39(37)47(38(36)22-34)42-43-16-7-17-44-42)49-31-9-6-11-33(21-31)51-41-29(4)19-27(2)25-46-41/h5-25H,1-4H3. The van der Waals surface area contributed by atoms with Crippen LogP contribution < -0.4 is 18.9 Å². The topological polar surface area (TPSA) is 93.4 Å². The van der Waals surface area contributed by atoms with Gasteiger partial charge in [-0.15, -0.1) is 0 Å². The van der Waals surface area contributed by atoms with Gasteiger partial charge in [-0.05, 0) is 106 Å². The molecule has 4 aromatic heterocycles. The Morgan fingerprint density at radius 2 is 0.863 bits per heavy atom. The van der Waals surface area contributed by atoms with Crippen LogP contribution in [0.5, 0.6) is 46.3 Å². The number of fused-ring (bicyclic) bond motifs is 3. The number of benzene rings is 4. The van der Waals surface area contributed by atoms with E-state index in [9.17, 15) is 0 Å². The largest absolute Gasteiger partial charge is 0.457 e. The molecule has 0 bridgehead atoms. The van der Waals surface area contributed by atoms with E-state index in [4.69, 9.17) is 18.9 Å². The lowest BCUT2D eigenvalue weighted by atomic mass is 10.1. The summed E-state index contributed by atoms with van der Waals surface area (Å²) in [5, 5.41) is 2.04. The van der Waals surface area contributed by atoms with Crippen LogP contribution in [0.25, 0.3) is 27.8 Å². The van der Waals surface area contributed by atoms with Crippen molar-refractivity contribution < 1.29 is 18.9 Å². The maximum absolute atomic E-state index is 6.38. The van der Waals surface area contributed by atoms with Crippen molar-refractivity contribution in [3.63, 3.8) is 0 Å². The molecule has 4 heterocycles. The van der Waals surface area contributed by atoms with Crippen molar-refractivity contribution in [1.29, 1.82) is 0 Å². The zero-order valence-electron chi connectivity index (χ0n) is 28.5. The number of rotatable bonds is 9. The van der Waals surface area contributed by atoms with Crippen LogP contribution in [0.2, 0.25) is 0 Å². The summed E-state index contributed by atoms with van der Waals surface area (Å²) in [6.07, 6.45) is 7.04. The average molecular weight is 672 g/mol. The van der Waals surface area contributed by atoms with E-state index in [1.54, 1.807) is 30.9 Å². The molecule has 8 rings (SSSR count). The summed E-state index contributed by atoms with van der Waals surface area (Å²) in [6, 6.07) is 32.9. The third-order valence-electron chi connectivity index (χ3n) is 8.31. The lowest BCUT2D eigenvalue weighted by molar-refractivity contribution is 0.446. The molecule has 0 atom stereocenters. The molecule has 0 aliphatic heterocycles. The van der Waals surface area contributed by atoms with Gasteiger partial charge in [0, 0.05) is 71.0 Å².